The van der Waals surface area contributed by atoms with Gasteiger partial charge in [0, 0.05) is 43.0 Å². The van der Waals surface area contributed by atoms with E-state index in [2.05, 4.69) is 31.3 Å². The topological polar surface area (TPSA) is 75.7 Å². The van der Waals surface area contributed by atoms with E-state index in [1.165, 1.54) is 0 Å². The number of halogens is 1. The number of nitrogens with one attached hydrogen (secondary N) is 2. The van der Waals surface area contributed by atoms with Crippen LogP contribution in [-0.4, -0.2) is 27.0 Å². The van der Waals surface area contributed by atoms with Gasteiger partial charge in [-0.1, -0.05) is 23.7 Å². The molecule has 0 aliphatic carbocycles. The number of aromatic amines is 1. The van der Waals surface area contributed by atoms with Gasteiger partial charge in [-0.15, -0.1) is 0 Å². The number of aromatic nitrogens is 4. The first-order chi connectivity index (χ1) is 13.6. The van der Waals surface area contributed by atoms with E-state index in [0.717, 1.165) is 39.1 Å². The Morgan fingerprint density at radius 1 is 1.11 bits per heavy atom. The van der Waals surface area contributed by atoms with E-state index in [4.69, 9.17) is 16.3 Å². The second kappa shape index (κ2) is 7.86. The summed E-state index contributed by atoms with van der Waals surface area (Å²) in [5, 5.41) is 4.88. The summed E-state index contributed by atoms with van der Waals surface area (Å²) in [5.74, 6) is 1.32. The molecule has 4 aromatic rings. The van der Waals surface area contributed by atoms with E-state index in [1.54, 1.807) is 13.3 Å². The Morgan fingerprint density at radius 3 is 2.75 bits per heavy atom. The van der Waals surface area contributed by atoms with Gasteiger partial charge in [-0.05, 0) is 41.3 Å². The van der Waals surface area contributed by atoms with Crippen molar-refractivity contribution in [3.8, 4) is 5.88 Å². The molecule has 0 atom stereocenters. The third kappa shape index (κ3) is 3.92. The fraction of sp³-hybridized carbons (Fsp3) is 0.190. The fourth-order valence-corrected chi connectivity index (χ4v) is 3.26. The molecule has 28 heavy (non-hydrogen) atoms. The van der Waals surface area contributed by atoms with Gasteiger partial charge in [-0.2, -0.15) is 0 Å². The first kappa shape index (κ1) is 18.3. The minimum atomic E-state index is 0.493. The van der Waals surface area contributed by atoms with Crippen molar-refractivity contribution in [1.82, 2.24) is 19.9 Å². The maximum Gasteiger partial charge on any atom is 0.212 e. The number of rotatable bonds is 6. The largest absolute Gasteiger partial charge is 0.481 e. The Bertz CT molecular complexity index is 1110. The van der Waals surface area contributed by atoms with Crippen LogP contribution < -0.4 is 10.1 Å². The molecule has 0 fully saturated rings. The number of hydrogen-bond acceptors (Lipinski definition) is 5. The van der Waals surface area contributed by atoms with Crippen molar-refractivity contribution in [2.45, 2.75) is 19.9 Å². The molecule has 2 N–H and O–H groups in total. The predicted molar refractivity (Wildman–Crippen MR) is 111 cm³/mol. The summed E-state index contributed by atoms with van der Waals surface area (Å²) in [6.07, 6.45) is 6.31. The van der Waals surface area contributed by atoms with E-state index < -0.39 is 0 Å². The summed E-state index contributed by atoms with van der Waals surface area (Å²) >= 11 is 6.44. The van der Waals surface area contributed by atoms with Crippen LogP contribution in [-0.2, 0) is 13.0 Å². The van der Waals surface area contributed by atoms with E-state index in [9.17, 15) is 0 Å². The van der Waals surface area contributed by atoms with Gasteiger partial charge in [0.2, 0.25) is 5.88 Å². The average molecular weight is 394 g/mol. The van der Waals surface area contributed by atoms with Gasteiger partial charge in [0.25, 0.3) is 0 Å². The van der Waals surface area contributed by atoms with Gasteiger partial charge in [0.1, 0.15) is 16.6 Å². The zero-order chi connectivity index (χ0) is 19.5. The Labute approximate surface area is 168 Å². The maximum atomic E-state index is 6.44. The summed E-state index contributed by atoms with van der Waals surface area (Å²) in [6.45, 7) is 2.64. The van der Waals surface area contributed by atoms with Crippen molar-refractivity contribution in [2.24, 2.45) is 0 Å². The van der Waals surface area contributed by atoms with Crippen molar-refractivity contribution in [1.29, 1.82) is 0 Å². The zero-order valence-electron chi connectivity index (χ0n) is 15.7. The van der Waals surface area contributed by atoms with Crippen LogP contribution in [0.5, 0.6) is 5.88 Å². The lowest BCUT2D eigenvalue weighted by molar-refractivity contribution is 0.397. The predicted octanol–water partition coefficient (Wildman–Crippen LogP) is 4.53. The summed E-state index contributed by atoms with van der Waals surface area (Å²) in [5.41, 5.74) is 5.17. The molecule has 4 heterocycles. The molecule has 142 valence electrons. The maximum absolute atomic E-state index is 6.44. The van der Waals surface area contributed by atoms with Crippen LogP contribution in [0, 0.1) is 6.92 Å². The van der Waals surface area contributed by atoms with Crippen molar-refractivity contribution >= 4 is 28.5 Å². The van der Waals surface area contributed by atoms with Crippen molar-refractivity contribution in [3.63, 3.8) is 0 Å². The smallest absolute Gasteiger partial charge is 0.212 e. The van der Waals surface area contributed by atoms with Crippen LogP contribution in [0.25, 0.3) is 11.0 Å². The summed E-state index contributed by atoms with van der Waals surface area (Å²) in [4.78, 5) is 16.3. The molecule has 0 saturated heterocycles. The van der Waals surface area contributed by atoms with Gasteiger partial charge in [0.15, 0.2) is 0 Å². The lowest BCUT2D eigenvalue weighted by atomic mass is 10.1. The third-order valence-electron chi connectivity index (χ3n) is 4.54. The molecule has 0 amide bonds. The molecule has 0 unspecified atom stereocenters. The van der Waals surface area contributed by atoms with Crippen LogP contribution >= 0.6 is 11.6 Å². The summed E-state index contributed by atoms with van der Waals surface area (Å²) in [6, 6.07) is 9.87. The van der Waals surface area contributed by atoms with Crippen LogP contribution in [0.3, 0.4) is 0 Å². The quantitative estimate of drug-likeness (QED) is 0.471. The molecule has 0 spiro atoms. The van der Waals surface area contributed by atoms with Crippen molar-refractivity contribution < 1.29 is 4.74 Å². The second-order valence-corrected chi connectivity index (χ2v) is 6.97. The average Bonchev–Trinajstić information content (AvgIpc) is 3.10. The van der Waals surface area contributed by atoms with Gasteiger partial charge < -0.3 is 15.0 Å². The number of fused-ring (bicyclic) bond motifs is 1. The standard InChI is InChI=1S/C21H20ClN5O/c1-13-7-17-16(12-26-21(17)25-9-13)8-15-4-5-18(27-20(15)22)23-10-14-3-6-19(28-2)24-11-14/h3-7,9,11-12H,8,10H2,1-2H3,(H,23,27)(H,25,26). The summed E-state index contributed by atoms with van der Waals surface area (Å²) < 4.78 is 5.07. The Hall–Kier alpha value is -3.12. The molecule has 0 saturated carbocycles. The Morgan fingerprint density at radius 2 is 2.00 bits per heavy atom. The number of pyridine rings is 3. The van der Waals surface area contributed by atoms with Crippen LogP contribution in [0.15, 0.2) is 48.9 Å². The van der Waals surface area contributed by atoms with E-state index in [1.807, 2.05) is 43.6 Å². The number of H-pyrrole nitrogens is 1. The van der Waals surface area contributed by atoms with Gasteiger partial charge >= 0.3 is 0 Å². The van der Waals surface area contributed by atoms with Gasteiger partial charge in [0.05, 0.1) is 7.11 Å². The molecule has 4 aromatic heterocycles. The number of hydrogen-bond donors (Lipinski definition) is 2. The van der Waals surface area contributed by atoms with E-state index >= 15 is 0 Å². The minimum absolute atomic E-state index is 0.493. The molecule has 0 aliphatic heterocycles. The Balaban J connectivity index is 1.47. The molecule has 6 nitrogen and oxygen atoms in total. The Kier molecular flexibility index (Phi) is 5.12. The van der Waals surface area contributed by atoms with Gasteiger partial charge in [-0.3, -0.25) is 0 Å². The number of ether oxygens (including phenoxy) is 1. The molecule has 0 aliphatic rings. The molecule has 0 aromatic carbocycles. The monoisotopic (exact) mass is 393 g/mol. The first-order valence-corrected chi connectivity index (χ1v) is 9.31. The van der Waals surface area contributed by atoms with Crippen molar-refractivity contribution in [3.05, 3.63) is 76.3 Å². The number of aryl methyl sites for hydroxylation is 1. The molecule has 7 heteroatoms. The van der Waals surface area contributed by atoms with Gasteiger partial charge in [-0.25, -0.2) is 15.0 Å². The molecular weight excluding hydrogens is 374 g/mol. The lowest BCUT2D eigenvalue weighted by Gasteiger charge is -2.09. The first-order valence-electron chi connectivity index (χ1n) is 8.93. The van der Waals surface area contributed by atoms with Crippen molar-refractivity contribution in [2.75, 3.05) is 12.4 Å². The SMILES string of the molecule is COc1ccc(CNc2ccc(Cc3c[nH]c4ncc(C)cc34)c(Cl)n2)cn1. The zero-order valence-corrected chi connectivity index (χ0v) is 16.4. The highest BCUT2D eigenvalue weighted by Gasteiger charge is 2.10. The van der Waals surface area contributed by atoms with Crippen LogP contribution in [0.2, 0.25) is 5.15 Å². The number of nitrogens with zero attached hydrogens (tertiary/aromatic N) is 3. The molecule has 0 radical (unpaired) electrons. The van der Waals surface area contributed by atoms with E-state index in [0.29, 0.717) is 24.0 Å². The van der Waals surface area contributed by atoms with Crippen LogP contribution in [0.4, 0.5) is 5.82 Å². The lowest BCUT2D eigenvalue weighted by Crippen LogP contribution is -2.03. The highest BCUT2D eigenvalue weighted by atomic mass is 35.5. The second-order valence-electron chi connectivity index (χ2n) is 6.61. The molecular formula is C21H20ClN5O. The van der Waals surface area contributed by atoms with Crippen LogP contribution in [0.1, 0.15) is 22.3 Å². The third-order valence-corrected chi connectivity index (χ3v) is 4.87. The highest BCUT2D eigenvalue weighted by molar-refractivity contribution is 6.30. The fourth-order valence-electron chi connectivity index (χ4n) is 3.04. The molecule has 4 rings (SSSR count). The number of methoxy groups -OCH3 is 1. The normalized spacial score (nSPS) is 11.0. The summed E-state index contributed by atoms with van der Waals surface area (Å²) in [7, 11) is 1.60. The highest BCUT2D eigenvalue weighted by Crippen LogP contribution is 2.25. The minimum Gasteiger partial charge on any atom is -0.481 e. The van der Waals surface area contributed by atoms with E-state index in [-0.39, 0.29) is 0 Å². The molecule has 0 bridgehead atoms. The number of anilines is 1.